The highest BCUT2D eigenvalue weighted by molar-refractivity contribution is 7.89. The Kier molecular flexibility index (Phi) is 5.95. The molecule has 0 aliphatic carbocycles. The van der Waals surface area contributed by atoms with Crippen molar-refractivity contribution in [1.29, 1.82) is 0 Å². The summed E-state index contributed by atoms with van der Waals surface area (Å²) < 4.78 is 26.3. The minimum absolute atomic E-state index is 0.0632. The molecule has 1 N–H and O–H groups in total. The molecule has 0 aromatic heterocycles. The van der Waals surface area contributed by atoms with E-state index in [1.807, 2.05) is 0 Å². The fraction of sp³-hybridized carbons (Fsp3) is 0.333. The van der Waals surface area contributed by atoms with Crippen LogP contribution in [0.1, 0.15) is 19.3 Å². The Balaban J connectivity index is 2.84. The van der Waals surface area contributed by atoms with Crippen molar-refractivity contribution in [2.45, 2.75) is 24.2 Å². The zero-order chi connectivity index (χ0) is 15.2. The first kappa shape index (κ1) is 16.4. The average Bonchev–Trinajstić information content (AvgIpc) is 2.38. The highest BCUT2D eigenvalue weighted by atomic mass is 35.5. The van der Waals surface area contributed by atoms with Gasteiger partial charge in [0.1, 0.15) is 4.90 Å². The van der Waals surface area contributed by atoms with Crippen LogP contribution in [0.4, 0.5) is 5.69 Å². The molecule has 0 fully saturated rings. The SMILES string of the molecule is C#CCCCCNS(=O)(=O)c1cc([N+](=O)[O-])ccc1Cl. The van der Waals surface area contributed by atoms with Crippen molar-refractivity contribution >= 4 is 27.3 Å². The van der Waals surface area contributed by atoms with E-state index in [1.165, 1.54) is 6.07 Å². The van der Waals surface area contributed by atoms with E-state index in [2.05, 4.69) is 10.6 Å². The van der Waals surface area contributed by atoms with Crippen LogP contribution in [-0.4, -0.2) is 19.9 Å². The smallest absolute Gasteiger partial charge is 0.258 e. The maximum Gasteiger partial charge on any atom is 0.270 e. The zero-order valence-corrected chi connectivity index (χ0v) is 12.1. The van der Waals surface area contributed by atoms with Gasteiger partial charge in [0.15, 0.2) is 0 Å². The molecule has 1 rings (SSSR count). The first-order chi connectivity index (χ1) is 9.38. The van der Waals surface area contributed by atoms with E-state index in [9.17, 15) is 18.5 Å². The van der Waals surface area contributed by atoms with Gasteiger partial charge in [-0.25, -0.2) is 13.1 Å². The molecule has 108 valence electrons. The second-order valence-corrected chi connectivity index (χ2v) is 6.07. The van der Waals surface area contributed by atoms with E-state index in [4.69, 9.17) is 18.0 Å². The number of rotatable bonds is 7. The van der Waals surface area contributed by atoms with Crippen molar-refractivity contribution < 1.29 is 13.3 Å². The Morgan fingerprint density at radius 2 is 2.10 bits per heavy atom. The molecule has 0 amide bonds. The average molecular weight is 317 g/mol. The lowest BCUT2D eigenvalue weighted by Gasteiger charge is -2.07. The number of nitro benzene ring substituents is 1. The van der Waals surface area contributed by atoms with E-state index in [0.717, 1.165) is 12.1 Å². The molecule has 8 heteroatoms. The Morgan fingerprint density at radius 1 is 1.40 bits per heavy atom. The normalized spacial score (nSPS) is 11.0. The first-order valence-electron chi connectivity index (χ1n) is 5.75. The minimum atomic E-state index is -3.87. The predicted octanol–water partition coefficient (Wildman–Crippen LogP) is 2.33. The molecule has 20 heavy (non-hydrogen) atoms. The zero-order valence-electron chi connectivity index (χ0n) is 10.5. The first-order valence-corrected chi connectivity index (χ1v) is 7.61. The van der Waals surface area contributed by atoms with Crippen molar-refractivity contribution in [1.82, 2.24) is 4.72 Å². The van der Waals surface area contributed by atoms with Crippen LogP contribution in [0.3, 0.4) is 0 Å². The van der Waals surface area contributed by atoms with E-state index in [-0.39, 0.29) is 22.2 Å². The highest BCUT2D eigenvalue weighted by Gasteiger charge is 2.20. The standard InChI is InChI=1S/C12H13ClN2O4S/c1-2-3-4-5-8-14-20(18,19)12-9-10(15(16)17)6-7-11(12)13/h1,6-7,9,14H,3-5,8H2. The molecule has 0 aliphatic heterocycles. The maximum absolute atomic E-state index is 12.0. The van der Waals surface area contributed by atoms with Crippen molar-refractivity contribution in [3.63, 3.8) is 0 Å². The Hall–Kier alpha value is -1.62. The summed E-state index contributed by atoms with van der Waals surface area (Å²) in [5.74, 6) is 2.45. The molecule has 1 aromatic rings. The van der Waals surface area contributed by atoms with Crippen LogP contribution in [-0.2, 0) is 10.0 Å². The Labute approximate surface area is 122 Å². The molecule has 0 saturated carbocycles. The molecule has 6 nitrogen and oxygen atoms in total. The van der Waals surface area contributed by atoms with Gasteiger partial charge in [-0.05, 0) is 18.9 Å². The Morgan fingerprint density at radius 3 is 2.70 bits per heavy atom. The molecule has 0 aliphatic rings. The van der Waals surface area contributed by atoms with Crippen molar-refractivity contribution in [2.75, 3.05) is 6.54 Å². The van der Waals surface area contributed by atoms with Crippen LogP contribution in [0.5, 0.6) is 0 Å². The van der Waals surface area contributed by atoms with E-state index >= 15 is 0 Å². The number of nitrogens with one attached hydrogen (secondary N) is 1. The van der Waals surface area contributed by atoms with Crippen LogP contribution >= 0.6 is 11.6 Å². The number of terminal acetylenes is 1. The largest absolute Gasteiger partial charge is 0.270 e. The maximum atomic E-state index is 12.0. The summed E-state index contributed by atoms with van der Waals surface area (Å²) >= 11 is 5.78. The third-order valence-electron chi connectivity index (χ3n) is 2.46. The van der Waals surface area contributed by atoms with Gasteiger partial charge in [0.2, 0.25) is 10.0 Å². The lowest BCUT2D eigenvalue weighted by Crippen LogP contribution is -2.25. The third-order valence-corrected chi connectivity index (χ3v) is 4.40. The number of sulfonamides is 1. The van der Waals surface area contributed by atoms with Crippen molar-refractivity contribution in [3.05, 3.63) is 33.3 Å². The second kappa shape index (κ2) is 7.24. The molecular formula is C12H13ClN2O4S. The van der Waals surface area contributed by atoms with Gasteiger partial charge >= 0.3 is 0 Å². The molecule has 0 saturated heterocycles. The monoisotopic (exact) mass is 316 g/mol. The number of halogens is 1. The van der Waals surface area contributed by atoms with Crippen LogP contribution in [0, 0.1) is 22.5 Å². The highest BCUT2D eigenvalue weighted by Crippen LogP contribution is 2.25. The molecule has 0 heterocycles. The van der Waals surface area contributed by atoms with E-state index in [1.54, 1.807) is 0 Å². The summed E-state index contributed by atoms with van der Waals surface area (Å²) in [6, 6.07) is 3.27. The van der Waals surface area contributed by atoms with Gasteiger partial charge in [-0.3, -0.25) is 10.1 Å². The summed E-state index contributed by atoms with van der Waals surface area (Å²) in [5, 5.41) is 10.6. The van der Waals surface area contributed by atoms with Gasteiger partial charge in [0.05, 0.1) is 9.95 Å². The molecule has 0 bridgehead atoms. The number of hydrogen-bond donors (Lipinski definition) is 1. The molecule has 1 aromatic carbocycles. The van der Waals surface area contributed by atoms with Crippen LogP contribution in [0.15, 0.2) is 23.1 Å². The number of nitro groups is 1. The van der Waals surface area contributed by atoms with E-state index in [0.29, 0.717) is 19.3 Å². The fourth-order valence-electron chi connectivity index (χ4n) is 1.45. The summed E-state index contributed by atoms with van der Waals surface area (Å²) in [5.41, 5.74) is -0.331. The number of unbranched alkanes of at least 4 members (excludes halogenated alkanes) is 2. The van der Waals surface area contributed by atoms with Gasteiger partial charge in [0.25, 0.3) is 5.69 Å². The van der Waals surface area contributed by atoms with Gasteiger partial charge < -0.3 is 0 Å². The van der Waals surface area contributed by atoms with E-state index < -0.39 is 14.9 Å². The number of nitrogens with zero attached hydrogens (tertiary/aromatic N) is 1. The lowest BCUT2D eigenvalue weighted by molar-refractivity contribution is -0.385. The second-order valence-electron chi connectivity index (χ2n) is 3.93. The van der Waals surface area contributed by atoms with Crippen LogP contribution < -0.4 is 4.72 Å². The fourth-order valence-corrected chi connectivity index (χ4v) is 3.04. The van der Waals surface area contributed by atoms with Gasteiger partial charge in [-0.2, -0.15) is 0 Å². The number of non-ortho nitro benzene ring substituents is 1. The lowest BCUT2D eigenvalue weighted by atomic mass is 10.2. The number of hydrogen-bond acceptors (Lipinski definition) is 4. The van der Waals surface area contributed by atoms with Gasteiger partial charge in [0, 0.05) is 25.1 Å². The molecular weight excluding hydrogens is 304 g/mol. The van der Waals surface area contributed by atoms with Crippen LogP contribution in [0.2, 0.25) is 5.02 Å². The predicted molar refractivity (Wildman–Crippen MR) is 76.0 cm³/mol. The topological polar surface area (TPSA) is 89.3 Å². The van der Waals surface area contributed by atoms with Crippen molar-refractivity contribution in [2.24, 2.45) is 0 Å². The number of benzene rings is 1. The van der Waals surface area contributed by atoms with Crippen LogP contribution in [0.25, 0.3) is 0 Å². The minimum Gasteiger partial charge on any atom is -0.258 e. The summed E-state index contributed by atoms with van der Waals surface area (Å²) in [4.78, 5) is 9.67. The van der Waals surface area contributed by atoms with Gasteiger partial charge in [-0.1, -0.05) is 11.6 Å². The quantitative estimate of drug-likeness (QED) is 0.362. The molecule has 0 unspecified atom stereocenters. The van der Waals surface area contributed by atoms with Gasteiger partial charge in [-0.15, -0.1) is 12.3 Å². The molecule has 0 atom stereocenters. The Bertz CT molecular complexity index is 637. The summed E-state index contributed by atoms with van der Waals surface area (Å²) in [6.07, 6.45) is 6.93. The molecule has 0 radical (unpaired) electrons. The third kappa shape index (κ3) is 4.49. The molecule has 0 spiro atoms. The summed E-state index contributed by atoms with van der Waals surface area (Å²) in [6.45, 7) is 0.197. The summed E-state index contributed by atoms with van der Waals surface area (Å²) in [7, 11) is -3.87. The van der Waals surface area contributed by atoms with Crippen molar-refractivity contribution in [3.8, 4) is 12.3 Å².